The number of fused-ring (bicyclic) bond motifs is 1. The molecule has 2 aromatic rings. The number of ether oxygens (including phenoxy) is 2. The van der Waals surface area contributed by atoms with Gasteiger partial charge in [-0.05, 0) is 50.3 Å². The Balaban J connectivity index is 1.40. The molecule has 2 aliphatic heterocycles. The Morgan fingerprint density at radius 1 is 1.40 bits per heavy atom. The highest BCUT2D eigenvalue weighted by molar-refractivity contribution is 5.79. The summed E-state index contributed by atoms with van der Waals surface area (Å²) in [6.45, 7) is 4.27. The quantitative estimate of drug-likeness (QED) is 0.906. The highest BCUT2D eigenvalue weighted by Gasteiger charge is 2.32. The van der Waals surface area contributed by atoms with E-state index in [2.05, 4.69) is 24.0 Å². The molecule has 6 heteroatoms. The maximum absolute atomic E-state index is 12.6. The van der Waals surface area contributed by atoms with E-state index in [4.69, 9.17) is 14.5 Å². The van der Waals surface area contributed by atoms with Crippen LogP contribution < -0.4 is 0 Å². The smallest absolute Gasteiger partial charge is 0.249 e. The average molecular weight is 343 g/mol. The Morgan fingerprint density at radius 2 is 2.32 bits per heavy atom. The third-order valence-electron chi connectivity index (χ3n) is 5.10. The molecule has 2 aliphatic rings. The molecular formula is C19H25N3O3. The van der Waals surface area contributed by atoms with Crippen LogP contribution in [0.5, 0.6) is 0 Å². The second kappa shape index (κ2) is 7.14. The molecule has 0 aliphatic carbocycles. The highest BCUT2D eigenvalue weighted by Crippen LogP contribution is 2.31. The van der Waals surface area contributed by atoms with Gasteiger partial charge in [0.25, 0.3) is 0 Å². The van der Waals surface area contributed by atoms with Crippen LogP contribution in [0, 0.1) is 6.92 Å². The number of hydrogen-bond donors (Lipinski definition) is 1. The predicted octanol–water partition coefficient (Wildman–Crippen LogP) is 2.73. The van der Waals surface area contributed by atoms with Gasteiger partial charge >= 0.3 is 0 Å². The van der Waals surface area contributed by atoms with Crippen molar-refractivity contribution in [1.82, 2.24) is 14.9 Å². The number of hydrogen-bond acceptors (Lipinski definition) is 4. The lowest BCUT2D eigenvalue weighted by atomic mass is 10.2. The van der Waals surface area contributed by atoms with Crippen LogP contribution in [0.1, 0.15) is 43.1 Å². The van der Waals surface area contributed by atoms with Gasteiger partial charge in [-0.15, -0.1) is 0 Å². The van der Waals surface area contributed by atoms with Crippen molar-refractivity contribution in [3.8, 4) is 0 Å². The topological polar surface area (TPSA) is 67.5 Å². The summed E-state index contributed by atoms with van der Waals surface area (Å²) in [6.07, 6.45) is 4.20. The fourth-order valence-electron chi connectivity index (χ4n) is 3.79. The van der Waals surface area contributed by atoms with Crippen molar-refractivity contribution in [1.29, 1.82) is 0 Å². The van der Waals surface area contributed by atoms with Gasteiger partial charge in [-0.2, -0.15) is 0 Å². The van der Waals surface area contributed by atoms with E-state index in [1.165, 1.54) is 5.56 Å². The number of nitrogens with one attached hydrogen (secondary N) is 1. The zero-order valence-corrected chi connectivity index (χ0v) is 14.7. The second-order valence-electron chi connectivity index (χ2n) is 7.04. The molecule has 0 saturated carbocycles. The monoisotopic (exact) mass is 343 g/mol. The molecule has 0 unspecified atom stereocenters. The Labute approximate surface area is 147 Å². The number of nitrogens with zero attached hydrogens (tertiary/aromatic N) is 2. The first-order valence-corrected chi connectivity index (χ1v) is 9.16. The number of amides is 1. The van der Waals surface area contributed by atoms with E-state index in [0.29, 0.717) is 6.61 Å². The summed E-state index contributed by atoms with van der Waals surface area (Å²) in [5.41, 5.74) is 3.18. The van der Waals surface area contributed by atoms with Gasteiger partial charge in [0.05, 0.1) is 29.8 Å². The van der Waals surface area contributed by atoms with Crippen molar-refractivity contribution in [2.45, 2.75) is 44.8 Å². The number of aromatic nitrogens is 2. The van der Waals surface area contributed by atoms with Gasteiger partial charge in [-0.1, -0.05) is 6.07 Å². The van der Waals surface area contributed by atoms with E-state index in [0.717, 1.165) is 55.7 Å². The van der Waals surface area contributed by atoms with E-state index in [-0.39, 0.29) is 24.7 Å². The largest absolute Gasteiger partial charge is 0.376 e. The number of aromatic amines is 1. The van der Waals surface area contributed by atoms with Crippen molar-refractivity contribution < 1.29 is 14.3 Å². The van der Waals surface area contributed by atoms with Crippen LogP contribution in [0.25, 0.3) is 11.0 Å². The maximum atomic E-state index is 12.6. The van der Waals surface area contributed by atoms with Crippen LogP contribution in [-0.4, -0.2) is 53.2 Å². The van der Waals surface area contributed by atoms with E-state index in [9.17, 15) is 4.79 Å². The standard InChI is InChI=1S/C19H25N3O3/c1-13-6-7-15-16(10-13)21-19(20-15)17-5-2-8-22(17)18(23)12-24-11-14-4-3-9-25-14/h6-7,10,14,17H,2-5,8-9,11-12H2,1H3,(H,20,21)/t14-,17-/m0/s1. The average Bonchev–Trinajstić information content (AvgIpc) is 3.33. The molecule has 2 atom stereocenters. The van der Waals surface area contributed by atoms with Gasteiger partial charge in [-0.25, -0.2) is 4.98 Å². The molecule has 134 valence electrons. The lowest BCUT2D eigenvalue weighted by Crippen LogP contribution is -2.34. The number of aryl methyl sites for hydroxylation is 1. The van der Waals surface area contributed by atoms with Crippen LogP contribution in [0.2, 0.25) is 0 Å². The van der Waals surface area contributed by atoms with Gasteiger partial charge in [0, 0.05) is 13.2 Å². The fourth-order valence-corrected chi connectivity index (χ4v) is 3.79. The first kappa shape index (κ1) is 16.5. The Bertz CT molecular complexity index is 751. The maximum Gasteiger partial charge on any atom is 0.249 e. The molecule has 0 radical (unpaired) electrons. The molecule has 0 spiro atoms. The summed E-state index contributed by atoms with van der Waals surface area (Å²) in [4.78, 5) is 22.6. The number of H-pyrrole nitrogens is 1. The van der Waals surface area contributed by atoms with Crippen molar-refractivity contribution in [2.24, 2.45) is 0 Å². The van der Waals surface area contributed by atoms with E-state index < -0.39 is 0 Å². The molecule has 1 amide bonds. The lowest BCUT2D eigenvalue weighted by molar-refractivity contribution is -0.138. The molecule has 1 N–H and O–H groups in total. The van der Waals surface area contributed by atoms with Gasteiger partial charge in [-0.3, -0.25) is 4.79 Å². The van der Waals surface area contributed by atoms with Crippen LogP contribution in [0.4, 0.5) is 0 Å². The molecule has 2 fully saturated rings. The molecule has 6 nitrogen and oxygen atoms in total. The number of likely N-dealkylation sites (tertiary alicyclic amines) is 1. The fraction of sp³-hybridized carbons (Fsp3) is 0.579. The van der Waals surface area contributed by atoms with E-state index >= 15 is 0 Å². The predicted molar refractivity (Wildman–Crippen MR) is 94.3 cm³/mol. The van der Waals surface area contributed by atoms with Crippen molar-refractivity contribution in [2.75, 3.05) is 26.4 Å². The van der Waals surface area contributed by atoms with E-state index in [1.54, 1.807) is 0 Å². The van der Waals surface area contributed by atoms with Crippen LogP contribution in [0.15, 0.2) is 18.2 Å². The SMILES string of the molecule is Cc1ccc2nc([C@@H]3CCCN3C(=O)COC[C@@H]3CCCO3)[nH]c2c1. The minimum Gasteiger partial charge on any atom is -0.376 e. The van der Waals surface area contributed by atoms with E-state index in [1.807, 2.05) is 11.0 Å². The third kappa shape index (κ3) is 3.55. The van der Waals surface area contributed by atoms with Gasteiger partial charge in [0.1, 0.15) is 12.4 Å². The molecular weight excluding hydrogens is 318 g/mol. The molecule has 0 bridgehead atoms. The minimum absolute atomic E-state index is 0.0199. The van der Waals surface area contributed by atoms with Gasteiger partial charge in [0.2, 0.25) is 5.91 Å². The van der Waals surface area contributed by atoms with Gasteiger partial charge < -0.3 is 19.4 Å². The Morgan fingerprint density at radius 3 is 3.16 bits per heavy atom. The summed E-state index contributed by atoms with van der Waals surface area (Å²) in [7, 11) is 0. The van der Waals surface area contributed by atoms with Gasteiger partial charge in [0.15, 0.2) is 0 Å². The first-order chi connectivity index (χ1) is 12.2. The summed E-state index contributed by atoms with van der Waals surface area (Å²) in [5.74, 6) is 0.919. The number of carbonyl (C=O) groups excluding carboxylic acids is 1. The molecule has 4 rings (SSSR count). The number of carbonyl (C=O) groups is 1. The second-order valence-corrected chi connectivity index (χ2v) is 7.04. The van der Waals surface area contributed by atoms with Crippen molar-refractivity contribution in [3.05, 3.63) is 29.6 Å². The van der Waals surface area contributed by atoms with Crippen LogP contribution >= 0.6 is 0 Å². The Kier molecular flexibility index (Phi) is 4.72. The molecule has 3 heterocycles. The van der Waals surface area contributed by atoms with Crippen molar-refractivity contribution in [3.63, 3.8) is 0 Å². The number of imidazole rings is 1. The van der Waals surface area contributed by atoms with Crippen LogP contribution in [-0.2, 0) is 14.3 Å². The zero-order chi connectivity index (χ0) is 17.2. The number of benzene rings is 1. The van der Waals surface area contributed by atoms with Crippen molar-refractivity contribution >= 4 is 16.9 Å². The first-order valence-electron chi connectivity index (χ1n) is 9.16. The number of rotatable bonds is 5. The summed E-state index contributed by atoms with van der Waals surface area (Å²) in [5, 5.41) is 0. The summed E-state index contributed by atoms with van der Waals surface area (Å²) < 4.78 is 11.1. The third-order valence-corrected chi connectivity index (χ3v) is 5.10. The normalized spacial score (nSPS) is 23.6. The van der Waals surface area contributed by atoms with Crippen LogP contribution in [0.3, 0.4) is 0 Å². The molecule has 1 aromatic carbocycles. The summed E-state index contributed by atoms with van der Waals surface area (Å²) in [6, 6.07) is 6.20. The summed E-state index contributed by atoms with van der Waals surface area (Å²) >= 11 is 0. The minimum atomic E-state index is 0.0199. The zero-order valence-electron chi connectivity index (χ0n) is 14.7. The lowest BCUT2D eigenvalue weighted by Gasteiger charge is -2.23. The molecule has 25 heavy (non-hydrogen) atoms. The highest BCUT2D eigenvalue weighted by atomic mass is 16.5. The molecule has 1 aromatic heterocycles. The molecule has 2 saturated heterocycles. The Hall–Kier alpha value is -1.92.